The third-order valence-corrected chi connectivity index (χ3v) is 5.45. The quantitative estimate of drug-likeness (QED) is 0.643. The zero-order chi connectivity index (χ0) is 16.5. The molecular weight excluding hydrogens is 302 g/mol. The number of aromatic carboxylic acids is 1. The minimum absolute atomic E-state index is 0.0426. The second kappa shape index (κ2) is 4.62. The Hall–Kier alpha value is -2.25. The molecule has 6 atom stereocenters. The van der Waals surface area contributed by atoms with Crippen LogP contribution in [0.4, 0.5) is 5.69 Å². The molecule has 23 heavy (non-hydrogen) atoms. The molecule has 2 N–H and O–H groups in total. The molecule has 1 aliphatic heterocycles. The summed E-state index contributed by atoms with van der Waals surface area (Å²) in [5.74, 6) is -4.12. The Morgan fingerprint density at radius 2 is 1.48 bits per heavy atom. The topological polar surface area (TPSA) is 118 Å². The number of hydrogen-bond donors (Lipinski definition) is 2. The summed E-state index contributed by atoms with van der Waals surface area (Å²) in [6.07, 6.45) is -1.47. The van der Waals surface area contributed by atoms with Gasteiger partial charge < -0.3 is 20.1 Å². The van der Waals surface area contributed by atoms with Crippen molar-refractivity contribution in [3.05, 3.63) is 29.8 Å². The number of benzene rings is 1. The van der Waals surface area contributed by atoms with Gasteiger partial charge >= 0.3 is 0 Å². The van der Waals surface area contributed by atoms with Gasteiger partial charge in [-0.15, -0.1) is 0 Å². The minimum Gasteiger partial charge on any atom is -0.545 e. The lowest BCUT2D eigenvalue weighted by Gasteiger charge is -2.29. The van der Waals surface area contributed by atoms with Gasteiger partial charge in [-0.3, -0.25) is 14.5 Å². The summed E-state index contributed by atoms with van der Waals surface area (Å²) in [6.45, 7) is 0. The predicted octanol–water partition coefficient (Wildman–Crippen LogP) is -1.47. The number of rotatable bonds is 2. The lowest BCUT2D eigenvalue weighted by atomic mass is 9.78. The molecule has 3 fully saturated rings. The molecule has 1 saturated heterocycles. The van der Waals surface area contributed by atoms with Gasteiger partial charge in [-0.1, -0.05) is 12.1 Å². The standard InChI is InChI=1S/C16H15NO6/c18-12-8-5-9(13(12)19)11-10(8)14(20)17(15(11)21)7-3-1-6(2-4-7)16(22)23/h1-4,8-13,18-19H,5H2,(H,22,23)/p-1/t8-,9+,10-,11-,12-,13+/m0/s1. The highest BCUT2D eigenvalue weighted by Gasteiger charge is 2.67. The average molecular weight is 316 g/mol. The minimum atomic E-state index is -1.34. The number of carboxylic acids is 1. The fraction of sp³-hybridized carbons (Fsp3) is 0.438. The van der Waals surface area contributed by atoms with Gasteiger partial charge in [0.2, 0.25) is 11.8 Å². The van der Waals surface area contributed by atoms with Crippen LogP contribution in [-0.4, -0.2) is 40.2 Å². The lowest BCUT2D eigenvalue weighted by molar-refractivity contribution is -0.255. The van der Waals surface area contributed by atoms with Crippen LogP contribution in [0.25, 0.3) is 0 Å². The summed E-state index contributed by atoms with van der Waals surface area (Å²) >= 11 is 0. The van der Waals surface area contributed by atoms with Crippen molar-refractivity contribution in [1.29, 1.82) is 0 Å². The first kappa shape index (κ1) is 14.3. The van der Waals surface area contributed by atoms with Crippen molar-refractivity contribution in [2.24, 2.45) is 23.7 Å². The highest BCUT2D eigenvalue weighted by atomic mass is 16.4. The first-order valence-electron chi connectivity index (χ1n) is 7.47. The molecule has 7 nitrogen and oxygen atoms in total. The number of amides is 2. The van der Waals surface area contributed by atoms with E-state index in [2.05, 4.69) is 0 Å². The number of fused-ring (bicyclic) bond motifs is 5. The van der Waals surface area contributed by atoms with E-state index in [9.17, 15) is 29.7 Å². The summed E-state index contributed by atoms with van der Waals surface area (Å²) in [4.78, 5) is 37.1. The van der Waals surface area contributed by atoms with Gasteiger partial charge in [-0.05, 0) is 24.1 Å². The Balaban J connectivity index is 1.68. The second-order valence-electron chi connectivity index (χ2n) is 6.44. The molecule has 120 valence electrons. The van der Waals surface area contributed by atoms with Gasteiger partial charge in [0.05, 0.1) is 35.7 Å². The molecule has 1 heterocycles. The van der Waals surface area contributed by atoms with E-state index in [0.29, 0.717) is 12.1 Å². The maximum atomic E-state index is 12.6. The molecule has 2 saturated carbocycles. The van der Waals surface area contributed by atoms with E-state index >= 15 is 0 Å². The predicted molar refractivity (Wildman–Crippen MR) is 73.9 cm³/mol. The molecule has 2 aliphatic carbocycles. The van der Waals surface area contributed by atoms with Gasteiger partial charge in [0, 0.05) is 11.8 Å². The van der Waals surface area contributed by atoms with Crippen molar-refractivity contribution in [2.45, 2.75) is 18.6 Å². The normalized spacial score (nSPS) is 38.3. The highest BCUT2D eigenvalue weighted by Crippen LogP contribution is 2.56. The number of carbonyl (C=O) groups is 3. The molecule has 2 amide bonds. The number of aliphatic hydroxyl groups excluding tert-OH is 2. The van der Waals surface area contributed by atoms with Crippen molar-refractivity contribution in [1.82, 2.24) is 0 Å². The summed E-state index contributed by atoms with van der Waals surface area (Å²) in [5.41, 5.74) is 0.252. The van der Waals surface area contributed by atoms with E-state index in [1.54, 1.807) is 0 Å². The maximum Gasteiger partial charge on any atom is 0.238 e. The summed E-state index contributed by atoms with van der Waals surface area (Å²) in [6, 6.07) is 5.32. The largest absolute Gasteiger partial charge is 0.545 e. The van der Waals surface area contributed by atoms with E-state index in [0.717, 1.165) is 4.90 Å². The number of nitrogens with zero attached hydrogens (tertiary/aromatic N) is 1. The zero-order valence-corrected chi connectivity index (χ0v) is 12.0. The Morgan fingerprint density at radius 1 is 1.00 bits per heavy atom. The molecule has 1 aromatic carbocycles. The van der Waals surface area contributed by atoms with Gasteiger partial charge in [0.1, 0.15) is 0 Å². The summed E-state index contributed by atoms with van der Waals surface area (Å²) in [7, 11) is 0. The smallest absolute Gasteiger partial charge is 0.238 e. The third-order valence-electron chi connectivity index (χ3n) is 5.45. The summed E-state index contributed by atoms with van der Waals surface area (Å²) < 4.78 is 0. The Labute approximate surface area is 131 Å². The van der Waals surface area contributed by atoms with Crippen LogP contribution in [-0.2, 0) is 9.59 Å². The number of anilines is 1. The number of imide groups is 1. The molecule has 2 bridgehead atoms. The Kier molecular flexibility index (Phi) is 2.88. The number of hydrogen-bond acceptors (Lipinski definition) is 6. The van der Waals surface area contributed by atoms with Crippen LogP contribution in [0.2, 0.25) is 0 Å². The van der Waals surface area contributed by atoms with E-state index in [1.807, 2.05) is 0 Å². The lowest BCUT2D eigenvalue weighted by Crippen LogP contribution is -2.43. The molecule has 3 aliphatic rings. The maximum absolute atomic E-state index is 12.6. The monoisotopic (exact) mass is 316 g/mol. The van der Waals surface area contributed by atoms with Crippen LogP contribution in [0, 0.1) is 23.7 Å². The number of aliphatic hydroxyl groups is 2. The molecule has 0 radical (unpaired) electrons. The molecular formula is C16H14NO6-. The Bertz CT molecular complexity index is 682. The third kappa shape index (κ3) is 1.74. The first-order valence-corrected chi connectivity index (χ1v) is 7.47. The molecule has 1 aromatic rings. The van der Waals surface area contributed by atoms with Crippen molar-refractivity contribution >= 4 is 23.5 Å². The van der Waals surface area contributed by atoms with Crippen molar-refractivity contribution in [3.8, 4) is 0 Å². The average Bonchev–Trinajstić information content (AvgIpc) is 3.12. The van der Waals surface area contributed by atoms with Crippen LogP contribution in [0.1, 0.15) is 16.8 Å². The van der Waals surface area contributed by atoms with Crippen LogP contribution in [0.15, 0.2) is 24.3 Å². The Morgan fingerprint density at radius 3 is 1.91 bits per heavy atom. The number of carbonyl (C=O) groups excluding carboxylic acids is 3. The van der Waals surface area contributed by atoms with E-state index < -0.39 is 41.8 Å². The van der Waals surface area contributed by atoms with Crippen molar-refractivity contribution in [3.63, 3.8) is 0 Å². The fourth-order valence-electron chi connectivity index (χ4n) is 4.43. The van der Waals surface area contributed by atoms with Gasteiger partial charge in [-0.2, -0.15) is 0 Å². The molecule has 0 aromatic heterocycles. The second-order valence-corrected chi connectivity index (χ2v) is 6.44. The highest BCUT2D eigenvalue weighted by molar-refractivity contribution is 6.22. The summed E-state index contributed by atoms with van der Waals surface area (Å²) in [5, 5.41) is 30.8. The molecule has 4 rings (SSSR count). The SMILES string of the molecule is O=C([O-])c1ccc(N2C(=O)[C@H]3[C@@H]4C[C@@H]([C@@H](O)[C@H]4O)[C@@H]3C2=O)cc1. The van der Waals surface area contributed by atoms with Crippen LogP contribution >= 0.6 is 0 Å². The van der Waals surface area contributed by atoms with Crippen molar-refractivity contribution in [2.75, 3.05) is 4.90 Å². The molecule has 0 unspecified atom stereocenters. The van der Waals surface area contributed by atoms with Crippen LogP contribution in [0.5, 0.6) is 0 Å². The van der Waals surface area contributed by atoms with Gasteiger partial charge in [-0.25, -0.2) is 0 Å². The van der Waals surface area contributed by atoms with Gasteiger partial charge in [0.25, 0.3) is 0 Å². The molecule has 7 heteroatoms. The van der Waals surface area contributed by atoms with E-state index in [4.69, 9.17) is 0 Å². The van der Waals surface area contributed by atoms with Crippen molar-refractivity contribution < 1.29 is 29.7 Å². The first-order chi connectivity index (χ1) is 10.9. The zero-order valence-electron chi connectivity index (χ0n) is 12.0. The van der Waals surface area contributed by atoms with E-state index in [1.165, 1.54) is 24.3 Å². The fourth-order valence-corrected chi connectivity index (χ4v) is 4.43. The number of carboxylic acid groups (broad SMARTS) is 1. The van der Waals surface area contributed by atoms with Crippen LogP contribution in [0.3, 0.4) is 0 Å². The van der Waals surface area contributed by atoms with Crippen LogP contribution < -0.4 is 10.0 Å². The van der Waals surface area contributed by atoms with E-state index in [-0.39, 0.29) is 17.4 Å². The molecule has 0 spiro atoms. The van der Waals surface area contributed by atoms with Gasteiger partial charge in [0.15, 0.2) is 0 Å².